The van der Waals surface area contributed by atoms with Crippen molar-refractivity contribution >= 4 is 23.4 Å². The van der Waals surface area contributed by atoms with Crippen molar-refractivity contribution in [2.75, 3.05) is 13.2 Å². The van der Waals surface area contributed by atoms with Crippen molar-refractivity contribution in [3.05, 3.63) is 65.2 Å². The van der Waals surface area contributed by atoms with E-state index in [-0.39, 0.29) is 18.4 Å². The number of rotatable bonds is 9. The van der Waals surface area contributed by atoms with E-state index in [4.69, 9.17) is 16.3 Å². The average Bonchev–Trinajstić information content (AvgIpc) is 2.69. The molecule has 5 nitrogen and oxygen atoms in total. The van der Waals surface area contributed by atoms with Crippen LogP contribution in [0, 0.1) is 5.92 Å². The van der Waals surface area contributed by atoms with Gasteiger partial charge in [-0.15, -0.1) is 0 Å². The second-order valence-electron chi connectivity index (χ2n) is 7.04. The van der Waals surface area contributed by atoms with Gasteiger partial charge >= 0.3 is 0 Å². The lowest BCUT2D eigenvalue weighted by atomic mass is 10.1. The third kappa shape index (κ3) is 6.57. The van der Waals surface area contributed by atoms with Gasteiger partial charge in [0.15, 0.2) is 6.61 Å². The van der Waals surface area contributed by atoms with Crippen LogP contribution in [0.3, 0.4) is 0 Å². The highest BCUT2D eigenvalue weighted by Crippen LogP contribution is 2.23. The van der Waals surface area contributed by atoms with Gasteiger partial charge in [-0.3, -0.25) is 9.59 Å². The van der Waals surface area contributed by atoms with E-state index in [0.29, 0.717) is 29.8 Å². The Labute approximate surface area is 171 Å². The topological polar surface area (TPSA) is 58.6 Å². The highest BCUT2D eigenvalue weighted by atomic mass is 35.5. The lowest BCUT2D eigenvalue weighted by molar-refractivity contribution is -0.142. The quantitative estimate of drug-likeness (QED) is 0.691. The lowest BCUT2D eigenvalue weighted by Gasteiger charge is -2.29. The number of amides is 2. The number of carbonyl (C=O) groups is 2. The van der Waals surface area contributed by atoms with Gasteiger partial charge in [-0.25, -0.2) is 0 Å². The van der Waals surface area contributed by atoms with Crippen molar-refractivity contribution in [2.24, 2.45) is 5.92 Å². The fourth-order valence-corrected chi connectivity index (χ4v) is 2.79. The third-order valence-electron chi connectivity index (χ3n) is 4.24. The number of para-hydroxylation sites is 1. The van der Waals surface area contributed by atoms with Crippen LogP contribution in [-0.2, 0) is 16.1 Å². The number of benzene rings is 2. The van der Waals surface area contributed by atoms with Crippen LogP contribution < -0.4 is 10.1 Å². The predicted octanol–water partition coefficient (Wildman–Crippen LogP) is 3.91. The molecule has 2 amide bonds. The van der Waals surface area contributed by atoms with Crippen LogP contribution in [-0.4, -0.2) is 35.9 Å². The van der Waals surface area contributed by atoms with E-state index >= 15 is 0 Å². The summed E-state index contributed by atoms with van der Waals surface area (Å²) < 4.78 is 5.59. The molecule has 0 aromatic heterocycles. The summed E-state index contributed by atoms with van der Waals surface area (Å²) in [6.07, 6.45) is 0. The van der Waals surface area contributed by atoms with Crippen LogP contribution >= 0.6 is 11.6 Å². The first kappa shape index (κ1) is 21.8. The Morgan fingerprint density at radius 2 is 1.68 bits per heavy atom. The molecule has 0 fully saturated rings. The Hall–Kier alpha value is -2.53. The molecule has 0 aliphatic carbocycles. The van der Waals surface area contributed by atoms with Crippen molar-refractivity contribution in [1.29, 1.82) is 0 Å². The number of nitrogens with zero attached hydrogens (tertiary/aromatic N) is 1. The van der Waals surface area contributed by atoms with Gasteiger partial charge in [-0.2, -0.15) is 0 Å². The fraction of sp³-hybridized carbons (Fsp3) is 0.364. The summed E-state index contributed by atoms with van der Waals surface area (Å²) in [6, 6.07) is 15.9. The fourth-order valence-electron chi connectivity index (χ4n) is 2.60. The molecule has 2 aromatic rings. The Morgan fingerprint density at radius 3 is 2.32 bits per heavy atom. The minimum Gasteiger partial charge on any atom is -0.482 e. The summed E-state index contributed by atoms with van der Waals surface area (Å²) in [5, 5.41) is 3.33. The van der Waals surface area contributed by atoms with Gasteiger partial charge in [0.05, 0.1) is 5.02 Å². The van der Waals surface area contributed by atoms with Gasteiger partial charge < -0.3 is 15.0 Å². The summed E-state index contributed by atoms with van der Waals surface area (Å²) in [5.41, 5.74) is 0.942. The molecule has 2 rings (SSSR count). The van der Waals surface area contributed by atoms with E-state index in [1.165, 1.54) is 4.90 Å². The van der Waals surface area contributed by atoms with E-state index < -0.39 is 6.04 Å². The summed E-state index contributed by atoms with van der Waals surface area (Å²) >= 11 is 6.09. The number of hydrogen-bond acceptors (Lipinski definition) is 3. The van der Waals surface area contributed by atoms with Crippen LogP contribution in [0.15, 0.2) is 54.6 Å². The van der Waals surface area contributed by atoms with E-state index in [2.05, 4.69) is 5.32 Å². The molecular weight excluding hydrogens is 376 g/mol. The van der Waals surface area contributed by atoms with Crippen molar-refractivity contribution in [3.63, 3.8) is 0 Å². The van der Waals surface area contributed by atoms with E-state index in [1.54, 1.807) is 31.2 Å². The maximum absolute atomic E-state index is 12.9. The maximum Gasteiger partial charge on any atom is 0.261 e. The SMILES string of the molecule is CC(C)CNC(=O)[C@@H](C)N(Cc1ccccc1)C(=O)COc1ccccc1Cl. The van der Waals surface area contributed by atoms with Crippen molar-refractivity contribution in [3.8, 4) is 5.75 Å². The monoisotopic (exact) mass is 402 g/mol. The number of carbonyl (C=O) groups excluding carboxylic acids is 2. The number of nitrogens with one attached hydrogen (secondary N) is 1. The Balaban J connectivity index is 2.11. The molecular formula is C22H27ClN2O3. The highest BCUT2D eigenvalue weighted by Gasteiger charge is 2.26. The average molecular weight is 403 g/mol. The molecule has 28 heavy (non-hydrogen) atoms. The molecule has 1 atom stereocenters. The van der Waals surface area contributed by atoms with E-state index in [9.17, 15) is 9.59 Å². The number of ether oxygens (including phenoxy) is 1. The van der Waals surface area contributed by atoms with Gasteiger partial charge in [-0.1, -0.05) is 67.9 Å². The Morgan fingerprint density at radius 1 is 1.04 bits per heavy atom. The first-order chi connectivity index (χ1) is 13.4. The van der Waals surface area contributed by atoms with Gasteiger partial charge in [0.2, 0.25) is 5.91 Å². The maximum atomic E-state index is 12.9. The second kappa shape index (κ2) is 10.7. The van der Waals surface area contributed by atoms with Crippen molar-refractivity contribution < 1.29 is 14.3 Å². The van der Waals surface area contributed by atoms with Crippen LogP contribution in [0.25, 0.3) is 0 Å². The van der Waals surface area contributed by atoms with Crippen LogP contribution in [0.4, 0.5) is 0 Å². The molecule has 0 spiro atoms. The molecule has 0 saturated carbocycles. The standard InChI is InChI=1S/C22H27ClN2O3/c1-16(2)13-24-22(27)17(3)25(14-18-9-5-4-6-10-18)21(26)15-28-20-12-8-7-11-19(20)23/h4-12,16-17H,13-15H2,1-3H3,(H,24,27)/t17-/m1/s1. The zero-order valence-electron chi connectivity index (χ0n) is 16.5. The normalized spacial score (nSPS) is 11.8. The van der Waals surface area contributed by atoms with Crippen LogP contribution in [0.2, 0.25) is 5.02 Å². The van der Waals surface area contributed by atoms with Gasteiger partial charge in [0.1, 0.15) is 11.8 Å². The smallest absolute Gasteiger partial charge is 0.261 e. The summed E-state index contributed by atoms with van der Waals surface area (Å²) in [7, 11) is 0. The summed E-state index contributed by atoms with van der Waals surface area (Å²) in [6.45, 7) is 6.46. The zero-order chi connectivity index (χ0) is 20.5. The second-order valence-corrected chi connectivity index (χ2v) is 7.45. The van der Waals surface area contributed by atoms with Crippen molar-refractivity contribution in [1.82, 2.24) is 10.2 Å². The number of hydrogen-bond donors (Lipinski definition) is 1. The molecule has 0 radical (unpaired) electrons. The van der Waals surface area contributed by atoms with E-state index in [0.717, 1.165) is 5.56 Å². The summed E-state index contributed by atoms with van der Waals surface area (Å²) in [4.78, 5) is 27.0. The highest BCUT2D eigenvalue weighted by molar-refractivity contribution is 6.32. The molecule has 0 aliphatic heterocycles. The molecule has 1 N–H and O–H groups in total. The third-order valence-corrected chi connectivity index (χ3v) is 4.55. The van der Waals surface area contributed by atoms with Crippen LogP contribution in [0.1, 0.15) is 26.3 Å². The molecule has 0 saturated heterocycles. The van der Waals surface area contributed by atoms with Crippen molar-refractivity contribution in [2.45, 2.75) is 33.4 Å². The molecule has 2 aromatic carbocycles. The van der Waals surface area contributed by atoms with Gasteiger partial charge in [0.25, 0.3) is 5.91 Å². The minimum absolute atomic E-state index is 0.185. The lowest BCUT2D eigenvalue weighted by Crippen LogP contribution is -2.49. The largest absolute Gasteiger partial charge is 0.482 e. The first-order valence-electron chi connectivity index (χ1n) is 9.37. The zero-order valence-corrected chi connectivity index (χ0v) is 17.3. The first-order valence-corrected chi connectivity index (χ1v) is 9.74. The molecule has 0 unspecified atom stereocenters. The molecule has 0 aliphatic rings. The Bertz CT molecular complexity index is 780. The molecule has 0 heterocycles. The summed E-state index contributed by atoms with van der Waals surface area (Å²) in [5.74, 6) is 0.304. The molecule has 0 bridgehead atoms. The van der Waals surface area contributed by atoms with E-state index in [1.807, 2.05) is 44.2 Å². The molecule has 150 valence electrons. The molecule has 6 heteroatoms. The van der Waals surface area contributed by atoms with Gasteiger partial charge in [0, 0.05) is 13.1 Å². The van der Waals surface area contributed by atoms with Gasteiger partial charge in [-0.05, 0) is 30.5 Å². The number of halogens is 1. The predicted molar refractivity (Wildman–Crippen MR) is 111 cm³/mol. The minimum atomic E-state index is -0.624. The Kier molecular flexibility index (Phi) is 8.33. The van der Waals surface area contributed by atoms with Crippen LogP contribution in [0.5, 0.6) is 5.75 Å².